The van der Waals surface area contributed by atoms with Crippen LogP contribution in [0.4, 0.5) is 0 Å². The Morgan fingerprint density at radius 1 is 1.33 bits per heavy atom. The molecule has 2 heterocycles. The van der Waals surface area contributed by atoms with Crippen LogP contribution in [0.25, 0.3) is 0 Å². The Bertz CT molecular complexity index is 681. The van der Waals surface area contributed by atoms with Crippen LogP contribution in [0.15, 0.2) is 35.0 Å². The molecule has 1 N–H and O–H groups in total. The molecule has 0 radical (unpaired) electrons. The predicted molar refractivity (Wildman–Crippen MR) is 98.0 cm³/mol. The van der Waals surface area contributed by atoms with Crippen molar-refractivity contribution in [2.75, 3.05) is 26.2 Å². The first kappa shape index (κ1) is 17.0. The van der Waals surface area contributed by atoms with Gasteiger partial charge < -0.3 is 10.1 Å². The van der Waals surface area contributed by atoms with Gasteiger partial charge >= 0.3 is 0 Å². The van der Waals surface area contributed by atoms with Gasteiger partial charge in [-0.25, -0.2) is 0 Å². The molecular formula is C19H24N2O2S. The zero-order valence-corrected chi connectivity index (χ0v) is 15.1. The molecule has 0 bridgehead atoms. The average molecular weight is 344 g/mol. The zero-order valence-electron chi connectivity index (χ0n) is 14.2. The molecule has 1 aliphatic heterocycles. The Labute approximate surface area is 147 Å². The standard InChI is InChI=1S/C19H24N2O2S/c1-3-21(4-2)17(16-8-10-24-13-16)12-20-19(22)15-5-6-18-14(11-15)7-9-23-18/h5-6,8,10-11,13,17H,3-4,7,9,12H2,1-2H3,(H,20,22)/t17-/m0/s1. The van der Waals surface area contributed by atoms with E-state index in [-0.39, 0.29) is 11.9 Å². The Balaban J connectivity index is 1.69. The van der Waals surface area contributed by atoms with Crippen LogP contribution in [0.1, 0.15) is 41.4 Å². The molecule has 1 aromatic carbocycles. The molecule has 1 atom stereocenters. The van der Waals surface area contributed by atoms with E-state index in [0.717, 1.165) is 30.8 Å². The molecule has 5 heteroatoms. The van der Waals surface area contributed by atoms with Gasteiger partial charge in [0.25, 0.3) is 5.91 Å². The lowest BCUT2D eigenvalue weighted by Crippen LogP contribution is -2.37. The fourth-order valence-corrected chi connectivity index (χ4v) is 3.91. The molecule has 3 rings (SSSR count). The van der Waals surface area contributed by atoms with Gasteiger partial charge in [0.15, 0.2) is 0 Å². The Morgan fingerprint density at radius 2 is 2.17 bits per heavy atom. The summed E-state index contributed by atoms with van der Waals surface area (Å²) in [7, 11) is 0. The number of nitrogens with one attached hydrogen (secondary N) is 1. The van der Waals surface area contributed by atoms with Gasteiger partial charge in [-0.1, -0.05) is 13.8 Å². The van der Waals surface area contributed by atoms with E-state index in [0.29, 0.717) is 18.7 Å². The lowest BCUT2D eigenvalue weighted by molar-refractivity contribution is 0.0935. The van der Waals surface area contributed by atoms with Crippen LogP contribution in [-0.4, -0.2) is 37.0 Å². The highest BCUT2D eigenvalue weighted by Crippen LogP contribution is 2.26. The molecular weight excluding hydrogens is 320 g/mol. The number of carbonyl (C=O) groups is 1. The number of rotatable bonds is 7. The third-order valence-electron chi connectivity index (χ3n) is 4.59. The van der Waals surface area contributed by atoms with Gasteiger partial charge in [0.05, 0.1) is 12.6 Å². The number of thiophene rings is 1. The quantitative estimate of drug-likeness (QED) is 0.836. The Hall–Kier alpha value is -1.85. The maximum Gasteiger partial charge on any atom is 0.251 e. The summed E-state index contributed by atoms with van der Waals surface area (Å²) in [6, 6.07) is 8.06. The summed E-state index contributed by atoms with van der Waals surface area (Å²) in [5, 5.41) is 7.37. The number of ether oxygens (including phenoxy) is 1. The number of fused-ring (bicyclic) bond motifs is 1. The van der Waals surface area contributed by atoms with Crippen molar-refractivity contribution >= 4 is 17.2 Å². The number of likely N-dealkylation sites (N-methyl/N-ethyl adjacent to an activating group) is 1. The molecule has 1 aromatic heterocycles. The van der Waals surface area contributed by atoms with Gasteiger partial charge in [-0.2, -0.15) is 11.3 Å². The molecule has 0 unspecified atom stereocenters. The van der Waals surface area contributed by atoms with Crippen LogP contribution >= 0.6 is 11.3 Å². The summed E-state index contributed by atoms with van der Waals surface area (Å²) >= 11 is 1.70. The molecule has 4 nitrogen and oxygen atoms in total. The molecule has 128 valence electrons. The lowest BCUT2D eigenvalue weighted by Gasteiger charge is -2.29. The Morgan fingerprint density at radius 3 is 2.88 bits per heavy atom. The van der Waals surface area contributed by atoms with E-state index in [1.54, 1.807) is 11.3 Å². The van der Waals surface area contributed by atoms with Crippen LogP contribution in [-0.2, 0) is 6.42 Å². The van der Waals surface area contributed by atoms with Crippen LogP contribution in [0.2, 0.25) is 0 Å². The topological polar surface area (TPSA) is 41.6 Å². The number of hydrogen-bond donors (Lipinski definition) is 1. The fraction of sp³-hybridized carbons (Fsp3) is 0.421. The van der Waals surface area contributed by atoms with Crippen molar-refractivity contribution in [1.82, 2.24) is 10.2 Å². The monoisotopic (exact) mass is 344 g/mol. The van der Waals surface area contributed by atoms with Crippen molar-refractivity contribution in [2.24, 2.45) is 0 Å². The third-order valence-corrected chi connectivity index (χ3v) is 5.29. The minimum atomic E-state index is -0.0166. The first-order valence-electron chi connectivity index (χ1n) is 8.53. The van der Waals surface area contributed by atoms with Crippen LogP contribution < -0.4 is 10.1 Å². The van der Waals surface area contributed by atoms with Crippen molar-refractivity contribution in [1.29, 1.82) is 0 Å². The second-order valence-electron chi connectivity index (χ2n) is 5.92. The first-order valence-corrected chi connectivity index (χ1v) is 9.47. The molecule has 0 saturated heterocycles. The van der Waals surface area contributed by atoms with Gasteiger partial charge in [-0.15, -0.1) is 0 Å². The number of nitrogens with zero attached hydrogens (tertiary/aromatic N) is 1. The predicted octanol–water partition coefficient (Wildman–Crippen LogP) is 3.50. The van der Waals surface area contributed by atoms with Crippen molar-refractivity contribution in [3.05, 3.63) is 51.7 Å². The van der Waals surface area contributed by atoms with Crippen LogP contribution in [0, 0.1) is 0 Å². The van der Waals surface area contributed by atoms with E-state index >= 15 is 0 Å². The minimum absolute atomic E-state index is 0.0166. The van der Waals surface area contributed by atoms with E-state index in [4.69, 9.17) is 4.74 Å². The molecule has 0 saturated carbocycles. The number of amides is 1. The molecule has 0 fully saturated rings. The van der Waals surface area contributed by atoms with E-state index < -0.39 is 0 Å². The summed E-state index contributed by atoms with van der Waals surface area (Å²) in [5.74, 6) is 0.892. The van der Waals surface area contributed by atoms with Gasteiger partial charge in [0.2, 0.25) is 0 Å². The molecule has 0 spiro atoms. The van der Waals surface area contributed by atoms with E-state index in [9.17, 15) is 4.79 Å². The molecule has 2 aromatic rings. The first-order chi connectivity index (χ1) is 11.7. The SMILES string of the molecule is CCN(CC)[C@@H](CNC(=O)c1ccc2c(c1)CCO2)c1ccsc1. The normalized spacial score (nSPS) is 14.3. The highest BCUT2D eigenvalue weighted by Gasteiger charge is 2.20. The second kappa shape index (κ2) is 7.81. The van der Waals surface area contributed by atoms with E-state index in [2.05, 4.69) is 40.9 Å². The van der Waals surface area contributed by atoms with Crippen molar-refractivity contribution in [2.45, 2.75) is 26.3 Å². The summed E-state index contributed by atoms with van der Waals surface area (Å²) in [5.41, 5.74) is 3.11. The molecule has 1 amide bonds. The molecule has 0 aliphatic carbocycles. The Kier molecular flexibility index (Phi) is 5.53. The average Bonchev–Trinajstić information content (AvgIpc) is 3.28. The maximum absolute atomic E-state index is 12.5. The van der Waals surface area contributed by atoms with Crippen LogP contribution in [0.3, 0.4) is 0 Å². The highest BCUT2D eigenvalue weighted by molar-refractivity contribution is 7.07. The van der Waals surface area contributed by atoms with Gasteiger partial charge in [-0.3, -0.25) is 9.69 Å². The maximum atomic E-state index is 12.5. The van der Waals surface area contributed by atoms with Crippen molar-refractivity contribution in [3.8, 4) is 5.75 Å². The number of carbonyl (C=O) groups excluding carboxylic acids is 1. The van der Waals surface area contributed by atoms with Crippen molar-refractivity contribution in [3.63, 3.8) is 0 Å². The number of hydrogen-bond acceptors (Lipinski definition) is 4. The van der Waals surface area contributed by atoms with E-state index in [1.165, 1.54) is 5.56 Å². The molecule has 1 aliphatic rings. The number of benzene rings is 1. The van der Waals surface area contributed by atoms with Gasteiger partial charge in [-0.05, 0) is 59.2 Å². The van der Waals surface area contributed by atoms with Crippen LogP contribution in [0.5, 0.6) is 5.75 Å². The van der Waals surface area contributed by atoms with Gasteiger partial charge in [0, 0.05) is 18.5 Å². The zero-order chi connectivity index (χ0) is 16.9. The smallest absolute Gasteiger partial charge is 0.251 e. The molecule has 24 heavy (non-hydrogen) atoms. The minimum Gasteiger partial charge on any atom is -0.493 e. The van der Waals surface area contributed by atoms with Crippen molar-refractivity contribution < 1.29 is 9.53 Å². The van der Waals surface area contributed by atoms with E-state index in [1.807, 2.05) is 18.2 Å². The summed E-state index contributed by atoms with van der Waals surface area (Å²) in [6.07, 6.45) is 0.882. The highest BCUT2D eigenvalue weighted by atomic mass is 32.1. The lowest BCUT2D eigenvalue weighted by atomic mass is 10.1. The fourth-order valence-electron chi connectivity index (χ4n) is 3.21. The second-order valence-corrected chi connectivity index (χ2v) is 6.70. The summed E-state index contributed by atoms with van der Waals surface area (Å²) in [6.45, 7) is 7.57. The largest absolute Gasteiger partial charge is 0.493 e. The van der Waals surface area contributed by atoms with Gasteiger partial charge in [0.1, 0.15) is 5.75 Å². The third kappa shape index (κ3) is 3.62. The summed E-state index contributed by atoms with van der Waals surface area (Å²) in [4.78, 5) is 14.9. The summed E-state index contributed by atoms with van der Waals surface area (Å²) < 4.78 is 5.50.